The van der Waals surface area contributed by atoms with E-state index in [0.717, 1.165) is 49.6 Å². The first kappa shape index (κ1) is 14.0. The summed E-state index contributed by atoms with van der Waals surface area (Å²) in [6.07, 6.45) is 4.43. The number of carbonyl (C=O) groups excluding carboxylic acids is 1. The molecule has 0 bridgehead atoms. The van der Waals surface area contributed by atoms with Gasteiger partial charge >= 0.3 is 0 Å². The number of hydrogen-bond donors (Lipinski definition) is 0. The zero-order valence-corrected chi connectivity index (χ0v) is 13.8. The van der Waals surface area contributed by atoms with Crippen molar-refractivity contribution in [3.05, 3.63) is 46.3 Å². The number of hydrogen-bond acceptors (Lipinski definition) is 2. The van der Waals surface area contributed by atoms with Crippen LogP contribution >= 0.6 is 11.3 Å². The third-order valence-corrected chi connectivity index (χ3v) is 6.21. The van der Waals surface area contributed by atoms with Gasteiger partial charge in [-0.15, -0.1) is 11.3 Å². The average molecular weight is 311 g/mol. The van der Waals surface area contributed by atoms with E-state index < -0.39 is 0 Å². The average Bonchev–Trinajstić information content (AvgIpc) is 2.99. The Morgan fingerprint density at radius 2 is 1.86 bits per heavy atom. The molecule has 1 aliphatic heterocycles. The fourth-order valence-electron chi connectivity index (χ4n) is 3.54. The molecule has 0 spiro atoms. The predicted molar refractivity (Wildman–Crippen MR) is 91.5 cm³/mol. The van der Waals surface area contributed by atoms with Crippen LogP contribution in [0.25, 0.3) is 10.4 Å². The number of nitrogens with zero attached hydrogens (tertiary/aromatic N) is 1. The summed E-state index contributed by atoms with van der Waals surface area (Å²) in [5.41, 5.74) is 4.11. The van der Waals surface area contributed by atoms with Gasteiger partial charge < -0.3 is 4.90 Å². The molecule has 0 atom stereocenters. The summed E-state index contributed by atoms with van der Waals surface area (Å²) < 4.78 is 0. The Kier molecular flexibility index (Phi) is 3.53. The fraction of sp³-hybridized carbons (Fsp3) is 0.421. The lowest BCUT2D eigenvalue weighted by atomic mass is 9.91. The molecular formula is C19H21NOS. The predicted octanol–water partition coefficient (Wildman–Crippen LogP) is 4.39. The van der Waals surface area contributed by atoms with Gasteiger partial charge in [0.25, 0.3) is 5.91 Å². The van der Waals surface area contributed by atoms with Gasteiger partial charge in [0.15, 0.2) is 0 Å². The van der Waals surface area contributed by atoms with Crippen molar-refractivity contribution in [1.29, 1.82) is 0 Å². The Labute approximate surface area is 135 Å². The van der Waals surface area contributed by atoms with Crippen molar-refractivity contribution in [2.45, 2.75) is 32.6 Å². The quantitative estimate of drug-likeness (QED) is 0.765. The van der Waals surface area contributed by atoms with Crippen molar-refractivity contribution in [2.24, 2.45) is 5.92 Å². The smallest absolute Gasteiger partial charge is 0.263 e. The first-order valence-electron chi connectivity index (χ1n) is 8.22. The molecule has 1 aromatic carbocycles. The van der Waals surface area contributed by atoms with Crippen LogP contribution in [0.15, 0.2) is 30.3 Å². The number of fused-ring (bicyclic) bond motifs is 3. The summed E-state index contributed by atoms with van der Waals surface area (Å²) >= 11 is 1.69. The molecule has 0 N–H and O–H groups in total. The number of aryl methyl sites for hydroxylation is 2. The second kappa shape index (κ2) is 5.54. The van der Waals surface area contributed by atoms with Gasteiger partial charge in [-0.05, 0) is 54.4 Å². The molecule has 2 aromatic rings. The number of rotatable bonds is 1. The molecule has 1 fully saturated rings. The number of amides is 1. The number of likely N-dealkylation sites (tertiary alicyclic amines) is 1. The van der Waals surface area contributed by atoms with E-state index >= 15 is 0 Å². The number of carbonyl (C=O) groups is 1. The Morgan fingerprint density at radius 1 is 1.14 bits per heavy atom. The van der Waals surface area contributed by atoms with Crippen LogP contribution in [0.3, 0.4) is 0 Å². The van der Waals surface area contributed by atoms with Gasteiger partial charge in [0, 0.05) is 18.0 Å². The maximum Gasteiger partial charge on any atom is 0.263 e. The van der Waals surface area contributed by atoms with E-state index in [-0.39, 0.29) is 5.91 Å². The van der Waals surface area contributed by atoms with E-state index in [4.69, 9.17) is 0 Å². The molecular weight excluding hydrogens is 290 g/mol. The van der Waals surface area contributed by atoms with Crippen molar-refractivity contribution < 1.29 is 4.79 Å². The van der Waals surface area contributed by atoms with E-state index in [2.05, 4.69) is 37.3 Å². The van der Waals surface area contributed by atoms with E-state index in [0.29, 0.717) is 0 Å². The molecule has 1 amide bonds. The molecule has 0 unspecified atom stereocenters. The summed E-state index contributed by atoms with van der Waals surface area (Å²) in [6.45, 7) is 4.11. The van der Waals surface area contributed by atoms with Gasteiger partial charge in [-0.1, -0.05) is 31.2 Å². The first-order chi connectivity index (χ1) is 10.7. The van der Waals surface area contributed by atoms with E-state index in [1.54, 1.807) is 11.3 Å². The van der Waals surface area contributed by atoms with Gasteiger partial charge in [-0.2, -0.15) is 0 Å². The Morgan fingerprint density at radius 3 is 2.68 bits per heavy atom. The van der Waals surface area contributed by atoms with Crippen molar-refractivity contribution in [1.82, 2.24) is 4.90 Å². The first-order valence-corrected chi connectivity index (χ1v) is 9.04. The molecule has 114 valence electrons. The third kappa shape index (κ3) is 2.38. The number of thiophene rings is 1. The third-order valence-electron chi connectivity index (χ3n) is 5.02. The molecule has 0 saturated carbocycles. The van der Waals surface area contributed by atoms with Crippen LogP contribution in [-0.2, 0) is 12.8 Å². The maximum atomic E-state index is 12.8. The highest BCUT2D eigenvalue weighted by Crippen LogP contribution is 2.40. The highest BCUT2D eigenvalue weighted by molar-refractivity contribution is 7.17. The zero-order chi connectivity index (χ0) is 15.1. The second-order valence-corrected chi connectivity index (χ2v) is 7.65. The molecule has 22 heavy (non-hydrogen) atoms. The number of benzene rings is 1. The molecule has 1 aromatic heterocycles. The Hall–Kier alpha value is -1.61. The Balaban J connectivity index is 1.63. The van der Waals surface area contributed by atoms with Crippen molar-refractivity contribution in [3.63, 3.8) is 0 Å². The zero-order valence-electron chi connectivity index (χ0n) is 13.0. The molecule has 4 rings (SSSR count). The standard InChI is InChI=1S/C19H21NOS/c1-13-8-10-20(11-9-13)19(21)17-12-15-7-6-14-4-2-3-5-16(14)18(15)22-17/h2-5,12-13H,6-11H2,1H3. The van der Waals surface area contributed by atoms with E-state index in [9.17, 15) is 4.79 Å². The van der Waals surface area contributed by atoms with Gasteiger partial charge in [0.1, 0.15) is 0 Å². The van der Waals surface area contributed by atoms with Crippen LogP contribution in [0, 0.1) is 5.92 Å². The summed E-state index contributed by atoms with van der Waals surface area (Å²) in [5, 5.41) is 0. The fourth-order valence-corrected chi connectivity index (χ4v) is 4.78. The molecule has 3 heteroatoms. The summed E-state index contributed by atoms with van der Waals surface area (Å²) in [5.74, 6) is 0.997. The van der Waals surface area contributed by atoms with Crippen LogP contribution in [0.2, 0.25) is 0 Å². The Bertz CT molecular complexity index is 710. The lowest BCUT2D eigenvalue weighted by molar-refractivity contribution is 0.0702. The minimum atomic E-state index is 0.240. The van der Waals surface area contributed by atoms with Crippen LogP contribution in [0.1, 0.15) is 40.6 Å². The van der Waals surface area contributed by atoms with Crippen molar-refractivity contribution >= 4 is 17.2 Å². The minimum absolute atomic E-state index is 0.240. The minimum Gasteiger partial charge on any atom is -0.338 e. The number of piperidine rings is 1. The van der Waals surface area contributed by atoms with Crippen LogP contribution in [0.5, 0.6) is 0 Å². The largest absolute Gasteiger partial charge is 0.338 e. The van der Waals surface area contributed by atoms with Crippen LogP contribution < -0.4 is 0 Å². The van der Waals surface area contributed by atoms with Gasteiger partial charge in [-0.3, -0.25) is 4.79 Å². The topological polar surface area (TPSA) is 20.3 Å². The van der Waals surface area contributed by atoms with Gasteiger partial charge in [0.05, 0.1) is 4.88 Å². The van der Waals surface area contributed by atoms with Gasteiger partial charge in [-0.25, -0.2) is 0 Å². The lowest BCUT2D eigenvalue weighted by Gasteiger charge is -2.29. The SMILES string of the molecule is CC1CCN(C(=O)c2cc3c(s2)-c2ccccc2CC3)CC1. The highest BCUT2D eigenvalue weighted by atomic mass is 32.1. The summed E-state index contributed by atoms with van der Waals surface area (Å²) in [6, 6.07) is 10.8. The van der Waals surface area contributed by atoms with E-state index in [1.807, 2.05) is 4.90 Å². The molecule has 2 aliphatic rings. The molecule has 1 saturated heterocycles. The van der Waals surface area contributed by atoms with Crippen molar-refractivity contribution in [3.8, 4) is 10.4 Å². The highest BCUT2D eigenvalue weighted by Gasteiger charge is 2.26. The molecule has 2 nitrogen and oxygen atoms in total. The molecule has 0 radical (unpaired) electrons. The molecule has 2 heterocycles. The maximum absolute atomic E-state index is 12.8. The van der Waals surface area contributed by atoms with Crippen LogP contribution in [0.4, 0.5) is 0 Å². The van der Waals surface area contributed by atoms with Gasteiger partial charge in [0.2, 0.25) is 0 Å². The van der Waals surface area contributed by atoms with E-state index in [1.165, 1.54) is 21.6 Å². The van der Waals surface area contributed by atoms with Crippen LogP contribution in [-0.4, -0.2) is 23.9 Å². The molecule has 1 aliphatic carbocycles. The monoisotopic (exact) mass is 311 g/mol. The summed E-state index contributed by atoms with van der Waals surface area (Å²) in [7, 11) is 0. The second-order valence-electron chi connectivity index (χ2n) is 6.60. The summed E-state index contributed by atoms with van der Waals surface area (Å²) in [4.78, 5) is 17.1. The normalized spacial score (nSPS) is 18.0. The lowest BCUT2D eigenvalue weighted by Crippen LogP contribution is -2.37. The van der Waals surface area contributed by atoms with Crippen molar-refractivity contribution in [2.75, 3.05) is 13.1 Å².